The number of nitrogens with zero attached hydrogens (tertiary/aromatic N) is 2. The van der Waals surface area contributed by atoms with Gasteiger partial charge in [-0.15, -0.1) is 0 Å². The van der Waals surface area contributed by atoms with Gasteiger partial charge in [0.05, 0.1) is 31.1 Å². The fourth-order valence-electron chi connectivity index (χ4n) is 1.67. The molecule has 4 N–H and O–H groups in total. The summed E-state index contributed by atoms with van der Waals surface area (Å²) in [6.07, 6.45) is 3.42. The molecule has 17 heavy (non-hydrogen) atoms. The third-order valence-electron chi connectivity index (χ3n) is 2.54. The van der Waals surface area contributed by atoms with Crippen molar-refractivity contribution in [3.63, 3.8) is 0 Å². The molecular formula is C11H18N2O4. The highest BCUT2D eigenvalue weighted by Crippen LogP contribution is 2.24. The molecule has 1 heterocycles. The number of rotatable bonds is 7. The lowest BCUT2D eigenvalue weighted by molar-refractivity contribution is 0.0570. The van der Waals surface area contributed by atoms with Crippen LogP contribution in [-0.2, 0) is 0 Å². The highest BCUT2D eigenvalue weighted by Gasteiger charge is 2.20. The van der Waals surface area contributed by atoms with E-state index in [-0.39, 0.29) is 32.0 Å². The molecule has 96 valence electrons. The molecule has 1 aromatic rings. The summed E-state index contributed by atoms with van der Waals surface area (Å²) in [5, 5.41) is 36.5. The molecule has 0 aliphatic heterocycles. The lowest BCUT2D eigenvalue weighted by Crippen LogP contribution is -2.22. The topological polar surface area (TPSA) is 107 Å². The van der Waals surface area contributed by atoms with Gasteiger partial charge in [0.2, 0.25) is 0 Å². The molecule has 0 radical (unpaired) electrons. The van der Waals surface area contributed by atoms with Crippen LogP contribution in [0.5, 0.6) is 0 Å². The molecule has 0 bridgehead atoms. The highest BCUT2D eigenvalue weighted by molar-refractivity contribution is 5.04. The Morgan fingerprint density at radius 2 is 1.59 bits per heavy atom. The molecule has 0 aliphatic rings. The molecule has 2 atom stereocenters. The zero-order valence-electron chi connectivity index (χ0n) is 9.48. The van der Waals surface area contributed by atoms with E-state index in [1.54, 1.807) is 6.20 Å². The fraction of sp³-hybridized carbons (Fsp3) is 0.636. The van der Waals surface area contributed by atoms with Crippen molar-refractivity contribution >= 4 is 0 Å². The third kappa shape index (κ3) is 4.74. The number of hydrogen-bond acceptors (Lipinski definition) is 6. The first-order valence-corrected chi connectivity index (χ1v) is 5.51. The Labute approximate surface area is 99.6 Å². The van der Waals surface area contributed by atoms with E-state index in [9.17, 15) is 10.2 Å². The zero-order valence-corrected chi connectivity index (χ0v) is 9.48. The molecule has 0 aliphatic carbocycles. The quantitative estimate of drug-likeness (QED) is 0.491. The maximum atomic E-state index is 9.43. The van der Waals surface area contributed by atoms with Crippen molar-refractivity contribution in [1.29, 1.82) is 0 Å². The van der Waals surface area contributed by atoms with Crippen LogP contribution in [0.15, 0.2) is 18.6 Å². The van der Waals surface area contributed by atoms with Crippen molar-refractivity contribution in [3.05, 3.63) is 24.3 Å². The average Bonchev–Trinajstić information content (AvgIpc) is 2.38. The SMILES string of the molecule is OCC(O)CC(CC(O)CO)c1cnccn1. The van der Waals surface area contributed by atoms with Gasteiger partial charge in [0.15, 0.2) is 0 Å². The molecule has 0 spiro atoms. The first kappa shape index (κ1) is 14.0. The molecule has 0 amide bonds. The molecule has 6 heteroatoms. The third-order valence-corrected chi connectivity index (χ3v) is 2.54. The van der Waals surface area contributed by atoms with Crippen LogP contribution in [-0.4, -0.2) is 55.8 Å². The summed E-state index contributed by atoms with van der Waals surface area (Å²) in [5.41, 5.74) is 0.632. The largest absolute Gasteiger partial charge is 0.394 e. The predicted octanol–water partition coefficient (Wildman–Crippen LogP) is -0.953. The van der Waals surface area contributed by atoms with Gasteiger partial charge in [-0.1, -0.05) is 0 Å². The van der Waals surface area contributed by atoms with Crippen molar-refractivity contribution in [2.75, 3.05) is 13.2 Å². The van der Waals surface area contributed by atoms with Crippen molar-refractivity contribution in [1.82, 2.24) is 9.97 Å². The Morgan fingerprint density at radius 1 is 1.00 bits per heavy atom. The summed E-state index contributed by atoms with van der Waals surface area (Å²) < 4.78 is 0. The average molecular weight is 242 g/mol. The molecule has 1 rings (SSSR count). The van der Waals surface area contributed by atoms with E-state index in [1.165, 1.54) is 12.4 Å². The maximum Gasteiger partial charge on any atom is 0.0777 e. The molecule has 0 saturated carbocycles. The molecule has 2 unspecified atom stereocenters. The summed E-state index contributed by atoms with van der Waals surface area (Å²) in [4.78, 5) is 8.03. The standard InChI is InChI=1S/C11H18N2O4/c14-6-9(16)3-8(4-10(17)7-15)11-5-12-1-2-13-11/h1-2,5,8-10,14-17H,3-4,6-7H2. The smallest absolute Gasteiger partial charge is 0.0777 e. The molecule has 1 aromatic heterocycles. The molecule has 0 aromatic carbocycles. The van der Waals surface area contributed by atoms with E-state index >= 15 is 0 Å². The van der Waals surface area contributed by atoms with Gasteiger partial charge in [-0.25, -0.2) is 0 Å². The molecule has 0 fully saturated rings. The second-order valence-corrected chi connectivity index (χ2v) is 3.97. The van der Waals surface area contributed by atoms with Gasteiger partial charge in [-0.05, 0) is 12.8 Å². The van der Waals surface area contributed by atoms with E-state index in [1.807, 2.05) is 0 Å². The lowest BCUT2D eigenvalue weighted by Gasteiger charge is -2.20. The van der Waals surface area contributed by atoms with Crippen LogP contribution in [0.2, 0.25) is 0 Å². The Balaban J connectivity index is 2.72. The molecular weight excluding hydrogens is 224 g/mol. The van der Waals surface area contributed by atoms with Crippen LogP contribution in [0.25, 0.3) is 0 Å². The second kappa shape index (κ2) is 7.29. The van der Waals surface area contributed by atoms with Gasteiger partial charge in [-0.3, -0.25) is 9.97 Å². The minimum atomic E-state index is -0.868. The fourth-order valence-corrected chi connectivity index (χ4v) is 1.67. The summed E-state index contributed by atoms with van der Waals surface area (Å²) in [7, 11) is 0. The Morgan fingerprint density at radius 3 is 2.00 bits per heavy atom. The second-order valence-electron chi connectivity index (χ2n) is 3.97. The minimum Gasteiger partial charge on any atom is -0.394 e. The highest BCUT2D eigenvalue weighted by atomic mass is 16.3. The van der Waals surface area contributed by atoms with Crippen LogP contribution in [0, 0.1) is 0 Å². The zero-order chi connectivity index (χ0) is 12.7. The van der Waals surface area contributed by atoms with E-state index in [2.05, 4.69) is 9.97 Å². The molecule has 6 nitrogen and oxygen atoms in total. The van der Waals surface area contributed by atoms with Crippen LogP contribution >= 0.6 is 0 Å². The Hall–Kier alpha value is -1.08. The first-order valence-electron chi connectivity index (χ1n) is 5.51. The van der Waals surface area contributed by atoms with Crippen molar-refractivity contribution < 1.29 is 20.4 Å². The van der Waals surface area contributed by atoms with Crippen LogP contribution in [0.3, 0.4) is 0 Å². The molecule has 0 saturated heterocycles. The van der Waals surface area contributed by atoms with E-state index < -0.39 is 12.2 Å². The van der Waals surface area contributed by atoms with E-state index in [4.69, 9.17) is 10.2 Å². The van der Waals surface area contributed by atoms with E-state index in [0.717, 1.165) is 0 Å². The summed E-state index contributed by atoms with van der Waals surface area (Å²) in [6, 6.07) is 0. The summed E-state index contributed by atoms with van der Waals surface area (Å²) >= 11 is 0. The van der Waals surface area contributed by atoms with Gasteiger partial charge in [0.1, 0.15) is 0 Å². The lowest BCUT2D eigenvalue weighted by atomic mass is 9.92. The first-order chi connectivity index (χ1) is 8.17. The Kier molecular flexibility index (Phi) is 5.99. The Bertz CT molecular complexity index is 298. The normalized spacial score (nSPS) is 16.5. The van der Waals surface area contributed by atoms with Crippen LogP contribution < -0.4 is 0 Å². The van der Waals surface area contributed by atoms with Gasteiger partial charge >= 0.3 is 0 Å². The van der Waals surface area contributed by atoms with Gasteiger partial charge < -0.3 is 20.4 Å². The summed E-state index contributed by atoms with van der Waals surface area (Å²) in [5.74, 6) is -0.243. The monoisotopic (exact) mass is 242 g/mol. The van der Waals surface area contributed by atoms with Gasteiger partial charge in [0.25, 0.3) is 0 Å². The number of aliphatic hydroxyl groups is 4. The van der Waals surface area contributed by atoms with Gasteiger partial charge in [0, 0.05) is 24.5 Å². The number of aliphatic hydroxyl groups excluding tert-OH is 4. The van der Waals surface area contributed by atoms with Gasteiger partial charge in [-0.2, -0.15) is 0 Å². The van der Waals surface area contributed by atoms with Crippen molar-refractivity contribution in [2.45, 2.75) is 31.0 Å². The number of hydrogen-bond donors (Lipinski definition) is 4. The predicted molar refractivity (Wildman–Crippen MR) is 60.2 cm³/mol. The van der Waals surface area contributed by atoms with E-state index in [0.29, 0.717) is 5.69 Å². The van der Waals surface area contributed by atoms with Crippen LogP contribution in [0.1, 0.15) is 24.5 Å². The maximum absolute atomic E-state index is 9.43. The summed E-state index contributed by atoms with van der Waals surface area (Å²) in [6.45, 7) is -0.683. The van der Waals surface area contributed by atoms with Crippen molar-refractivity contribution in [3.8, 4) is 0 Å². The van der Waals surface area contributed by atoms with Crippen LogP contribution in [0.4, 0.5) is 0 Å². The number of aromatic nitrogens is 2. The minimum absolute atomic E-state index is 0.243. The van der Waals surface area contributed by atoms with Crippen molar-refractivity contribution in [2.24, 2.45) is 0 Å².